The lowest BCUT2D eigenvalue weighted by Gasteiger charge is -2.33. The normalized spacial score (nSPS) is 38.4. The molecule has 1 saturated carbocycles. The average Bonchev–Trinajstić information content (AvgIpc) is 2.87. The Bertz CT molecular complexity index is 180. The van der Waals surface area contributed by atoms with Crippen molar-refractivity contribution in [2.24, 2.45) is 11.7 Å². The largest absolute Gasteiger partial charge is 0.380 e. The second kappa shape index (κ2) is 4.60. The third kappa shape index (κ3) is 1.95. The van der Waals surface area contributed by atoms with Crippen molar-refractivity contribution in [1.29, 1.82) is 0 Å². The molecule has 1 saturated heterocycles. The molecule has 14 heavy (non-hydrogen) atoms. The average molecular weight is 198 g/mol. The van der Waals surface area contributed by atoms with Gasteiger partial charge in [-0.3, -0.25) is 4.90 Å². The second-order valence-corrected chi connectivity index (χ2v) is 4.68. The Hall–Kier alpha value is -0.120. The van der Waals surface area contributed by atoms with E-state index in [1.54, 1.807) is 0 Å². The van der Waals surface area contributed by atoms with Crippen molar-refractivity contribution in [1.82, 2.24) is 4.90 Å². The van der Waals surface area contributed by atoms with E-state index in [-0.39, 0.29) is 0 Å². The lowest BCUT2D eigenvalue weighted by atomic mass is 10.0. The molecule has 0 aromatic rings. The van der Waals surface area contributed by atoms with E-state index in [1.165, 1.54) is 25.7 Å². The molecule has 1 aliphatic heterocycles. The van der Waals surface area contributed by atoms with E-state index in [2.05, 4.69) is 11.9 Å². The quantitative estimate of drug-likeness (QED) is 0.730. The summed E-state index contributed by atoms with van der Waals surface area (Å²) in [5.41, 5.74) is 5.80. The van der Waals surface area contributed by atoms with Crippen LogP contribution in [-0.2, 0) is 4.74 Å². The smallest absolute Gasteiger partial charge is 0.0622 e. The fourth-order valence-electron chi connectivity index (χ4n) is 2.94. The molecule has 2 fully saturated rings. The van der Waals surface area contributed by atoms with Gasteiger partial charge in [0.15, 0.2) is 0 Å². The predicted molar refractivity (Wildman–Crippen MR) is 57.2 cm³/mol. The molecule has 2 aliphatic rings. The third-order valence-electron chi connectivity index (χ3n) is 3.93. The van der Waals surface area contributed by atoms with Crippen LogP contribution in [0.5, 0.6) is 0 Å². The Kier molecular flexibility index (Phi) is 3.42. The van der Waals surface area contributed by atoms with Crippen LogP contribution in [0.3, 0.4) is 0 Å². The van der Waals surface area contributed by atoms with Crippen molar-refractivity contribution in [3.8, 4) is 0 Å². The van der Waals surface area contributed by atoms with Crippen LogP contribution in [0.2, 0.25) is 0 Å². The molecule has 3 heteroatoms. The fraction of sp³-hybridized carbons (Fsp3) is 1.00. The molecule has 2 N–H and O–H groups in total. The standard InChI is InChI=1S/C11H22N2O/c1-13(10-5-6-14-8-10)11-4-2-3-9(11)7-12/h9-11H,2-8,12H2,1H3. The van der Waals surface area contributed by atoms with Crippen molar-refractivity contribution in [3.05, 3.63) is 0 Å². The molecule has 3 atom stereocenters. The maximum Gasteiger partial charge on any atom is 0.0622 e. The van der Waals surface area contributed by atoms with Crippen LogP contribution in [0, 0.1) is 5.92 Å². The zero-order chi connectivity index (χ0) is 9.97. The lowest BCUT2D eigenvalue weighted by Crippen LogP contribution is -2.44. The molecule has 0 spiro atoms. The van der Waals surface area contributed by atoms with Crippen LogP contribution in [0.15, 0.2) is 0 Å². The van der Waals surface area contributed by atoms with Gasteiger partial charge in [-0.1, -0.05) is 6.42 Å². The third-order valence-corrected chi connectivity index (χ3v) is 3.93. The molecule has 82 valence electrons. The van der Waals surface area contributed by atoms with Gasteiger partial charge >= 0.3 is 0 Å². The molecule has 1 heterocycles. The minimum atomic E-state index is 0.646. The summed E-state index contributed by atoms with van der Waals surface area (Å²) >= 11 is 0. The van der Waals surface area contributed by atoms with Gasteiger partial charge in [-0.25, -0.2) is 0 Å². The Morgan fingerprint density at radius 1 is 1.36 bits per heavy atom. The minimum Gasteiger partial charge on any atom is -0.380 e. The SMILES string of the molecule is CN(C1CCOC1)C1CCCC1CN. The van der Waals surface area contributed by atoms with Crippen LogP contribution in [0.25, 0.3) is 0 Å². The number of likely N-dealkylation sites (N-methyl/N-ethyl adjacent to an activating group) is 1. The van der Waals surface area contributed by atoms with Crippen LogP contribution >= 0.6 is 0 Å². The lowest BCUT2D eigenvalue weighted by molar-refractivity contribution is 0.116. The highest BCUT2D eigenvalue weighted by atomic mass is 16.5. The molecule has 3 nitrogen and oxygen atoms in total. The highest BCUT2D eigenvalue weighted by Crippen LogP contribution is 2.30. The van der Waals surface area contributed by atoms with E-state index >= 15 is 0 Å². The van der Waals surface area contributed by atoms with E-state index in [0.717, 1.165) is 25.7 Å². The van der Waals surface area contributed by atoms with Crippen molar-refractivity contribution in [2.45, 2.75) is 37.8 Å². The first kappa shape index (κ1) is 10.4. The zero-order valence-corrected chi connectivity index (χ0v) is 9.11. The summed E-state index contributed by atoms with van der Waals surface area (Å²) in [6, 6.07) is 1.36. The second-order valence-electron chi connectivity index (χ2n) is 4.68. The van der Waals surface area contributed by atoms with Crippen molar-refractivity contribution < 1.29 is 4.74 Å². The van der Waals surface area contributed by atoms with Gasteiger partial charge in [0.05, 0.1) is 6.61 Å². The van der Waals surface area contributed by atoms with Crippen LogP contribution in [0.4, 0.5) is 0 Å². The van der Waals surface area contributed by atoms with E-state index in [9.17, 15) is 0 Å². The molecule has 0 bridgehead atoms. The van der Waals surface area contributed by atoms with Gasteiger partial charge in [0.25, 0.3) is 0 Å². The minimum absolute atomic E-state index is 0.646. The first-order valence-corrected chi connectivity index (χ1v) is 5.82. The summed E-state index contributed by atoms with van der Waals surface area (Å²) in [5.74, 6) is 0.723. The molecule has 3 unspecified atom stereocenters. The van der Waals surface area contributed by atoms with E-state index < -0.39 is 0 Å². The molecule has 0 amide bonds. The highest BCUT2D eigenvalue weighted by molar-refractivity contribution is 4.88. The first-order valence-electron chi connectivity index (χ1n) is 5.82. The summed E-state index contributed by atoms with van der Waals surface area (Å²) < 4.78 is 5.43. The Morgan fingerprint density at radius 3 is 2.86 bits per heavy atom. The number of nitrogens with zero attached hydrogens (tertiary/aromatic N) is 1. The van der Waals surface area contributed by atoms with Gasteiger partial charge < -0.3 is 10.5 Å². The van der Waals surface area contributed by atoms with Crippen molar-refractivity contribution in [3.63, 3.8) is 0 Å². The first-order chi connectivity index (χ1) is 6.83. The topological polar surface area (TPSA) is 38.5 Å². The van der Waals surface area contributed by atoms with E-state index in [0.29, 0.717) is 12.1 Å². The van der Waals surface area contributed by atoms with E-state index in [1.807, 2.05) is 0 Å². The Balaban J connectivity index is 1.92. The zero-order valence-electron chi connectivity index (χ0n) is 9.11. The maximum atomic E-state index is 5.80. The van der Waals surface area contributed by atoms with Crippen molar-refractivity contribution >= 4 is 0 Å². The monoisotopic (exact) mass is 198 g/mol. The van der Waals surface area contributed by atoms with Gasteiger partial charge in [0, 0.05) is 18.7 Å². The van der Waals surface area contributed by atoms with Crippen LogP contribution in [-0.4, -0.2) is 43.8 Å². The molecule has 0 radical (unpaired) electrons. The number of rotatable bonds is 3. The molecular weight excluding hydrogens is 176 g/mol. The molecule has 0 aromatic heterocycles. The highest BCUT2D eigenvalue weighted by Gasteiger charge is 2.33. The van der Waals surface area contributed by atoms with Gasteiger partial charge in [0.1, 0.15) is 0 Å². The number of hydrogen-bond donors (Lipinski definition) is 1. The van der Waals surface area contributed by atoms with Gasteiger partial charge in [0.2, 0.25) is 0 Å². The summed E-state index contributed by atoms with van der Waals surface area (Å²) in [5, 5.41) is 0. The fourth-order valence-corrected chi connectivity index (χ4v) is 2.94. The summed E-state index contributed by atoms with van der Waals surface area (Å²) in [7, 11) is 2.25. The molecule has 1 aliphatic carbocycles. The number of ether oxygens (including phenoxy) is 1. The predicted octanol–water partition coefficient (Wildman–Crippen LogP) is 0.834. The van der Waals surface area contributed by atoms with Gasteiger partial charge in [-0.15, -0.1) is 0 Å². The number of nitrogens with two attached hydrogens (primary N) is 1. The summed E-state index contributed by atoms with van der Waals surface area (Å²) in [6.07, 6.45) is 5.20. The molecular formula is C11H22N2O. The van der Waals surface area contributed by atoms with Gasteiger partial charge in [-0.2, -0.15) is 0 Å². The molecule has 2 rings (SSSR count). The van der Waals surface area contributed by atoms with Gasteiger partial charge in [-0.05, 0) is 38.8 Å². The Labute approximate surface area is 86.6 Å². The van der Waals surface area contributed by atoms with Crippen LogP contribution in [0.1, 0.15) is 25.7 Å². The maximum absolute atomic E-state index is 5.80. The summed E-state index contributed by atoms with van der Waals surface area (Å²) in [6.45, 7) is 2.71. The number of hydrogen-bond acceptors (Lipinski definition) is 3. The van der Waals surface area contributed by atoms with Crippen LogP contribution < -0.4 is 5.73 Å². The summed E-state index contributed by atoms with van der Waals surface area (Å²) in [4.78, 5) is 2.53. The van der Waals surface area contributed by atoms with E-state index in [4.69, 9.17) is 10.5 Å². The molecule has 0 aromatic carbocycles. The Morgan fingerprint density at radius 2 is 2.21 bits per heavy atom. The van der Waals surface area contributed by atoms with Crippen molar-refractivity contribution in [2.75, 3.05) is 26.8 Å².